The van der Waals surface area contributed by atoms with Crippen molar-refractivity contribution < 1.29 is 9.53 Å². The molecule has 0 heterocycles. The fourth-order valence-corrected chi connectivity index (χ4v) is 6.14. The van der Waals surface area contributed by atoms with Crippen molar-refractivity contribution >= 4 is 14.0 Å². The number of methoxy groups -OCH3 is 1. The van der Waals surface area contributed by atoms with Crippen LogP contribution in [0.3, 0.4) is 0 Å². The van der Waals surface area contributed by atoms with Crippen LogP contribution in [0, 0.1) is 0 Å². The summed E-state index contributed by atoms with van der Waals surface area (Å²) < 4.78 is 5.30. The molecule has 2 aromatic rings. The Hall–Kier alpha value is -1.91. The van der Waals surface area contributed by atoms with Crippen LogP contribution in [0.5, 0.6) is 0 Å². The lowest BCUT2D eigenvalue weighted by Gasteiger charge is -2.45. The highest BCUT2D eigenvalue weighted by Crippen LogP contribution is 2.49. The van der Waals surface area contributed by atoms with E-state index < -0.39 is 8.07 Å². The number of nitrogens with one attached hydrogen (secondary N) is 1. The van der Waals surface area contributed by atoms with Crippen LogP contribution in [0.15, 0.2) is 60.7 Å². The molecule has 0 aromatic heterocycles. The van der Waals surface area contributed by atoms with Crippen molar-refractivity contribution in [1.29, 1.82) is 0 Å². The summed E-state index contributed by atoms with van der Waals surface area (Å²) >= 11 is 0. The van der Waals surface area contributed by atoms with Crippen LogP contribution >= 0.6 is 0 Å². The normalized spacial score (nSPS) is 14.4. The summed E-state index contributed by atoms with van der Waals surface area (Å²) in [5.74, 6) is -0.115. The van der Waals surface area contributed by atoms with Crippen LogP contribution < -0.4 is 5.32 Å². The summed E-state index contributed by atoms with van der Waals surface area (Å²) in [6.45, 7) is 12.0. The lowest BCUT2D eigenvalue weighted by Crippen LogP contribution is -2.50. The van der Waals surface area contributed by atoms with Crippen LogP contribution in [0.1, 0.15) is 37.9 Å². The van der Waals surface area contributed by atoms with E-state index in [2.05, 4.69) is 63.4 Å². The number of esters is 1. The standard InChI is InChI=1S/C23H33NO2Si/c1-23(2,3)27(5,6)21(22(25)26-4)20(19-15-11-8-12-16-19)24-17-18-13-9-7-10-14-18/h7-16,20-21,24H,17H2,1-6H3. The molecule has 0 spiro atoms. The number of ether oxygens (including phenoxy) is 1. The van der Waals surface area contributed by atoms with Gasteiger partial charge in [0.15, 0.2) is 0 Å². The van der Waals surface area contributed by atoms with Crippen LogP contribution in [0.2, 0.25) is 23.7 Å². The van der Waals surface area contributed by atoms with Crippen LogP contribution in [-0.4, -0.2) is 21.2 Å². The van der Waals surface area contributed by atoms with Gasteiger partial charge in [-0.1, -0.05) is 94.5 Å². The highest BCUT2D eigenvalue weighted by Gasteiger charge is 2.50. The third-order valence-corrected chi connectivity index (χ3v) is 12.0. The molecule has 0 aliphatic heterocycles. The molecular formula is C23H33NO2Si. The zero-order chi connectivity index (χ0) is 20.1. The Labute approximate surface area is 165 Å². The van der Waals surface area contributed by atoms with Gasteiger partial charge < -0.3 is 10.1 Å². The van der Waals surface area contributed by atoms with Gasteiger partial charge in [0.05, 0.1) is 20.7 Å². The smallest absolute Gasteiger partial charge is 0.307 e. The molecule has 0 fully saturated rings. The van der Waals surface area contributed by atoms with E-state index in [0.717, 1.165) is 5.56 Å². The van der Waals surface area contributed by atoms with Crippen LogP contribution in [-0.2, 0) is 16.1 Å². The molecule has 0 aliphatic carbocycles. The number of hydrogen-bond donors (Lipinski definition) is 1. The molecule has 27 heavy (non-hydrogen) atoms. The van der Waals surface area contributed by atoms with E-state index in [-0.39, 0.29) is 22.6 Å². The first-order chi connectivity index (χ1) is 12.7. The van der Waals surface area contributed by atoms with Gasteiger partial charge in [-0.15, -0.1) is 0 Å². The molecule has 0 radical (unpaired) electrons. The molecule has 0 amide bonds. The largest absolute Gasteiger partial charge is 0.469 e. The number of benzene rings is 2. The number of carbonyl (C=O) groups excluding carboxylic acids is 1. The van der Waals surface area contributed by atoms with Crippen molar-refractivity contribution in [2.24, 2.45) is 0 Å². The predicted molar refractivity (Wildman–Crippen MR) is 115 cm³/mol. The molecule has 2 unspecified atom stereocenters. The molecule has 0 saturated carbocycles. The molecule has 4 heteroatoms. The third kappa shape index (κ3) is 5.08. The summed E-state index contributed by atoms with van der Waals surface area (Å²) in [7, 11) is -0.538. The Balaban J connectivity index is 2.45. The van der Waals surface area contributed by atoms with Crippen molar-refractivity contribution in [3.8, 4) is 0 Å². The fourth-order valence-electron chi connectivity index (χ4n) is 3.35. The highest BCUT2D eigenvalue weighted by atomic mass is 28.3. The van der Waals surface area contributed by atoms with Crippen LogP contribution in [0.25, 0.3) is 0 Å². The number of hydrogen-bond acceptors (Lipinski definition) is 3. The second-order valence-corrected chi connectivity index (χ2v) is 14.3. The van der Waals surface area contributed by atoms with Gasteiger partial charge in [-0.25, -0.2) is 0 Å². The quantitative estimate of drug-likeness (QED) is 0.502. The van der Waals surface area contributed by atoms with Gasteiger partial charge in [0, 0.05) is 12.6 Å². The van der Waals surface area contributed by atoms with E-state index >= 15 is 0 Å². The summed E-state index contributed by atoms with van der Waals surface area (Å²) in [4.78, 5) is 13.0. The van der Waals surface area contributed by atoms with Crippen molar-refractivity contribution in [1.82, 2.24) is 5.32 Å². The average Bonchev–Trinajstić information content (AvgIpc) is 2.65. The van der Waals surface area contributed by atoms with Gasteiger partial charge in [-0.3, -0.25) is 4.79 Å². The minimum absolute atomic E-state index is 0.0628. The summed E-state index contributed by atoms with van der Waals surface area (Å²) in [6.07, 6.45) is 0. The van der Waals surface area contributed by atoms with Gasteiger partial charge in [-0.2, -0.15) is 0 Å². The first-order valence-electron chi connectivity index (χ1n) is 9.58. The third-order valence-electron chi connectivity index (χ3n) is 6.03. The second-order valence-electron chi connectivity index (χ2n) is 8.73. The minimum atomic E-state index is -2.04. The molecule has 3 nitrogen and oxygen atoms in total. The first kappa shape index (κ1) is 21.4. The Morgan fingerprint density at radius 3 is 2.00 bits per heavy atom. The topological polar surface area (TPSA) is 38.3 Å². The van der Waals surface area contributed by atoms with E-state index in [1.54, 1.807) is 0 Å². The molecule has 0 saturated heterocycles. The zero-order valence-corrected chi connectivity index (χ0v) is 18.5. The molecule has 2 atom stereocenters. The molecular weight excluding hydrogens is 350 g/mol. The van der Waals surface area contributed by atoms with E-state index in [1.807, 2.05) is 36.4 Å². The molecule has 2 aromatic carbocycles. The average molecular weight is 384 g/mol. The van der Waals surface area contributed by atoms with Crippen LogP contribution in [0.4, 0.5) is 0 Å². The molecule has 1 N–H and O–H groups in total. The predicted octanol–water partition coefficient (Wildman–Crippen LogP) is 5.57. The van der Waals surface area contributed by atoms with E-state index in [0.29, 0.717) is 6.54 Å². The monoisotopic (exact) mass is 383 g/mol. The maximum absolute atomic E-state index is 13.0. The van der Waals surface area contributed by atoms with Crippen molar-refractivity contribution in [2.45, 2.75) is 57.0 Å². The molecule has 2 rings (SSSR count). The fraction of sp³-hybridized carbons (Fsp3) is 0.435. The summed E-state index contributed by atoms with van der Waals surface area (Å²) in [5, 5.41) is 3.74. The van der Waals surface area contributed by atoms with Gasteiger partial charge >= 0.3 is 5.97 Å². The summed E-state index contributed by atoms with van der Waals surface area (Å²) in [5.41, 5.74) is 2.15. The Morgan fingerprint density at radius 1 is 1.00 bits per heavy atom. The molecule has 146 valence electrons. The Kier molecular flexibility index (Phi) is 7.01. The van der Waals surface area contributed by atoms with Gasteiger partial charge in [0.25, 0.3) is 0 Å². The maximum atomic E-state index is 13.0. The zero-order valence-electron chi connectivity index (χ0n) is 17.5. The highest BCUT2D eigenvalue weighted by molar-refractivity contribution is 6.84. The number of carbonyl (C=O) groups is 1. The Bertz CT molecular complexity index is 723. The van der Waals surface area contributed by atoms with E-state index in [9.17, 15) is 4.79 Å². The SMILES string of the molecule is COC(=O)C(C(NCc1ccccc1)c1ccccc1)[Si](C)(C)C(C)(C)C. The maximum Gasteiger partial charge on any atom is 0.307 e. The molecule has 0 aliphatic rings. The van der Waals surface area contributed by atoms with Crippen molar-refractivity contribution in [2.75, 3.05) is 7.11 Å². The van der Waals surface area contributed by atoms with Crippen molar-refractivity contribution in [3.05, 3.63) is 71.8 Å². The first-order valence-corrected chi connectivity index (χ1v) is 12.7. The van der Waals surface area contributed by atoms with Gasteiger partial charge in [0.2, 0.25) is 0 Å². The lowest BCUT2D eigenvalue weighted by atomic mass is 10.0. The molecule has 0 bridgehead atoms. The minimum Gasteiger partial charge on any atom is -0.469 e. The second kappa shape index (κ2) is 8.85. The van der Waals surface area contributed by atoms with Gasteiger partial charge in [-0.05, 0) is 16.2 Å². The van der Waals surface area contributed by atoms with Gasteiger partial charge in [0.1, 0.15) is 0 Å². The van der Waals surface area contributed by atoms with E-state index in [1.165, 1.54) is 12.7 Å². The lowest BCUT2D eigenvalue weighted by molar-refractivity contribution is -0.141. The number of rotatable bonds is 7. The Morgan fingerprint density at radius 2 is 1.52 bits per heavy atom. The summed E-state index contributed by atoms with van der Waals surface area (Å²) in [6, 6.07) is 20.5. The van der Waals surface area contributed by atoms with E-state index in [4.69, 9.17) is 4.74 Å². The van der Waals surface area contributed by atoms with Crippen molar-refractivity contribution in [3.63, 3.8) is 0 Å².